The van der Waals surface area contributed by atoms with Gasteiger partial charge in [-0.3, -0.25) is 0 Å². The Morgan fingerprint density at radius 3 is 2.55 bits per heavy atom. The number of rotatable bonds is 4. The fourth-order valence-electron chi connectivity index (χ4n) is 2.75. The molecular formula is C18H21N2. The van der Waals surface area contributed by atoms with Gasteiger partial charge < -0.3 is 4.90 Å². The van der Waals surface area contributed by atoms with Gasteiger partial charge in [-0.1, -0.05) is 30.3 Å². The van der Waals surface area contributed by atoms with Crippen LogP contribution < -0.4 is 4.90 Å². The van der Waals surface area contributed by atoms with Crippen molar-refractivity contribution in [2.45, 2.75) is 32.1 Å². The zero-order valence-corrected chi connectivity index (χ0v) is 11.9. The Kier molecular flexibility index (Phi) is 4.32. The van der Waals surface area contributed by atoms with E-state index in [4.69, 9.17) is 0 Å². The number of benzene rings is 1. The van der Waals surface area contributed by atoms with Crippen LogP contribution in [0.2, 0.25) is 0 Å². The van der Waals surface area contributed by atoms with Crippen LogP contribution in [0, 0.1) is 6.07 Å². The average molecular weight is 265 g/mol. The summed E-state index contributed by atoms with van der Waals surface area (Å²) in [6, 6.07) is 15.7. The third-order valence-electron chi connectivity index (χ3n) is 3.96. The first kappa shape index (κ1) is 13.2. The van der Waals surface area contributed by atoms with Gasteiger partial charge in [-0.2, -0.15) is 0 Å². The van der Waals surface area contributed by atoms with Crippen LogP contribution in [0.5, 0.6) is 0 Å². The summed E-state index contributed by atoms with van der Waals surface area (Å²) in [7, 11) is 0. The number of aromatic nitrogens is 1. The van der Waals surface area contributed by atoms with E-state index in [0.717, 1.165) is 31.7 Å². The standard InChI is InChI=1S/C18H21N2/c1-3-7-16(8-4-1)9-10-17-11-12-18(19-15-17)20-13-5-2-6-14-20/h1,3,7-8,11-12,15H,2,5-6,9-10,13-14H2. The van der Waals surface area contributed by atoms with E-state index in [1.54, 1.807) is 0 Å². The van der Waals surface area contributed by atoms with Crippen LogP contribution in [0.25, 0.3) is 0 Å². The summed E-state index contributed by atoms with van der Waals surface area (Å²) in [4.78, 5) is 7.03. The van der Waals surface area contributed by atoms with Crippen LogP contribution >= 0.6 is 0 Å². The van der Waals surface area contributed by atoms with Crippen molar-refractivity contribution in [3.05, 3.63) is 59.8 Å². The molecule has 0 saturated carbocycles. The molecule has 1 fully saturated rings. The quantitative estimate of drug-likeness (QED) is 0.838. The maximum Gasteiger partial charge on any atom is 0.128 e. The molecule has 103 valence electrons. The van der Waals surface area contributed by atoms with Crippen LogP contribution in [-0.2, 0) is 12.8 Å². The van der Waals surface area contributed by atoms with Crippen LogP contribution in [-0.4, -0.2) is 18.1 Å². The lowest BCUT2D eigenvalue weighted by atomic mass is 10.1. The van der Waals surface area contributed by atoms with Gasteiger partial charge in [-0.05, 0) is 55.4 Å². The first-order valence-electron chi connectivity index (χ1n) is 7.57. The van der Waals surface area contributed by atoms with E-state index in [0.29, 0.717) is 0 Å². The zero-order valence-electron chi connectivity index (χ0n) is 11.9. The molecule has 0 aliphatic carbocycles. The monoisotopic (exact) mass is 265 g/mol. The molecule has 1 aliphatic heterocycles. The Morgan fingerprint density at radius 1 is 1.00 bits per heavy atom. The SMILES string of the molecule is [c]1cccc(CCc2ccc(N3CCCCC3)nc2)c1. The van der Waals surface area contributed by atoms with Crippen molar-refractivity contribution in [2.75, 3.05) is 18.0 Å². The topological polar surface area (TPSA) is 16.1 Å². The number of aryl methyl sites for hydroxylation is 2. The predicted molar refractivity (Wildman–Crippen MR) is 83.0 cm³/mol. The smallest absolute Gasteiger partial charge is 0.128 e. The van der Waals surface area contributed by atoms with E-state index in [1.165, 1.54) is 30.4 Å². The van der Waals surface area contributed by atoms with E-state index in [1.807, 2.05) is 18.3 Å². The molecular weight excluding hydrogens is 244 g/mol. The second-order valence-corrected chi connectivity index (χ2v) is 5.48. The molecule has 2 heteroatoms. The Morgan fingerprint density at radius 2 is 1.85 bits per heavy atom. The lowest BCUT2D eigenvalue weighted by Crippen LogP contribution is -2.30. The molecule has 0 unspecified atom stereocenters. The van der Waals surface area contributed by atoms with Crippen molar-refractivity contribution in [1.82, 2.24) is 4.98 Å². The largest absolute Gasteiger partial charge is 0.357 e. The van der Waals surface area contributed by atoms with Gasteiger partial charge in [0.2, 0.25) is 0 Å². The molecule has 0 spiro atoms. The molecule has 20 heavy (non-hydrogen) atoms. The van der Waals surface area contributed by atoms with Crippen molar-refractivity contribution in [1.29, 1.82) is 0 Å². The number of pyridine rings is 1. The molecule has 0 bridgehead atoms. The van der Waals surface area contributed by atoms with Crippen LogP contribution in [0.3, 0.4) is 0 Å². The highest BCUT2D eigenvalue weighted by Gasteiger charge is 2.11. The zero-order chi connectivity index (χ0) is 13.6. The third-order valence-corrected chi connectivity index (χ3v) is 3.96. The highest BCUT2D eigenvalue weighted by Crippen LogP contribution is 2.18. The van der Waals surface area contributed by atoms with Crippen LogP contribution in [0.15, 0.2) is 42.6 Å². The van der Waals surface area contributed by atoms with E-state index in [2.05, 4.69) is 40.2 Å². The fourth-order valence-corrected chi connectivity index (χ4v) is 2.75. The molecule has 1 aromatic heterocycles. The van der Waals surface area contributed by atoms with E-state index in [-0.39, 0.29) is 0 Å². The fraction of sp³-hybridized carbons (Fsp3) is 0.389. The van der Waals surface area contributed by atoms with Crippen LogP contribution in [0.4, 0.5) is 5.82 Å². The Hall–Kier alpha value is -1.83. The molecule has 2 aromatic rings. The normalized spacial score (nSPS) is 15.3. The molecule has 2 heterocycles. The summed E-state index contributed by atoms with van der Waals surface area (Å²) in [6.45, 7) is 2.32. The molecule has 1 aromatic carbocycles. The molecule has 1 saturated heterocycles. The summed E-state index contributed by atoms with van der Waals surface area (Å²) in [6.07, 6.45) is 8.11. The second kappa shape index (κ2) is 6.56. The number of nitrogens with zero attached hydrogens (tertiary/aromatic N) is 2. The summed E-state index contributed by atoms with van der Waals surface area (Å²) in [5.41, 5.74) is 2.65. The maximum atomic E-state index is 4.63. The number of hydrogen-bond acceptors (Lipinski definition) is 2. The highest BCUT2D eigenvalue weighted by molar-refractivity contribution is 5.39. The van der Waals surface area contributed by atoms with Gasteiger partial charge in [0, 0.05) is 19.3 Å². The molecule has 0 amide bonds. The number of piperidine rings is 1. The first-order chi connectivity index (χ1) is 9.92. The van der Waals surface area contributed by atoms with Crippen molar-refractivity contribution in [2.24, 2.45) is 0 Å². The number of anilines is 1. The third kappa shape index (κ3) is 3.38. The van der Waals surface area contributed by atoms with E-state index < -0.39 is 0 Å². The van der Waals surface area contributed by atoms with E-state index in [9.17, 15) is 0 Å². The van der Waals surface area contributed by atoms with Crippen molar-refractivity contribution < 1.29 is 0 Å². The molecule has 0 atom stereocenters. The molecule has 1 aliphatic rings. The highest BCUT2D eigenvalue weighted by atomic mass is 15.2. The second-order valence-electron chi connectivity index (χ2n) is 5.48. The Bertz CT molecular complexity index is 513. The number of hydrogen-bond donors (Lipinski definition) is 0. The minimum Gasteiger partial charge on any atom is -0.357 e. The van der Waals surface area contributed by atoms with Gasteiger partial charge in [-0.25, -0.2) is 4.98 Å². The average Bonchev–Trinajstić information content (AvgIpc) is 2.55. The molecule has 0 N–H and O–H groups in total. The first-order valence-corrected chi connectivity index (χ1v) is 7.57. The summed E-state index contributed by atoms with van der Waals surface area (Å²) in [5, 5.41) is 0. The van der Waals surface area contributed by atoms with Crippen molar-refractivity contribution in [3.8, 4) is 0 Å². The molecule has 1 radical (unpaired) electrons. The summed E-state index contributed by atoms with van der Waals surface area (Å²) in [5.74, 6) is 1.14. The lowest BCUT2D eigenvalue weighted by molar-refractivity contribution is 0.573. The Balaban J connectivity index is 1.58. The van der Waals surface area contributed by atoms with Gasteiger partial charge >= 0.3 is 0 Å². The molecule has 2 nitrogen and oxygen atoms in total. The Labute approximate surface area is 121 Å². The van der Waals surface area contributed by atoms with Gasteiger partial charge in [0.15, 0.2) is 0 Å². The van der Waals surface area contributed by atoms with Gasteiger partial charge in [-0.15, -0.1) is 0 Å². The maximum absolute atomic E-state index is 4.63. The summed E-state index contributed by atoms with van der Waals surface area (Å²) >= 11 is 0. The van der Waals surface area contributed by atoms with Gasteiger partial charge in [0.1, 0.15) is 5.82 Å². The van der Waals surface area contributed by atoms with E-state index >= 15 is 0 Å². The summed E-state index contributed by atoms with van der Waals surface area (Å²) < 4.78 is 0. The van der Waals surface area contributed by atoms with Gasteiger partial charge in [0.25, 0.3) is 0 Å². The van der Waals surface area contributed by atoms with Crippen LogP contribution in [0.1, 0.15) is 30.4 Å². The minimum absolute atomic E-state index is 1.05. The minimum atomic E-state index is 1.05. The predicted octanol–water partition coefficient (Wildman–Crippen LogP) is 3.66. The van der Waals surface area contributed by atoms with Crippen molar-refractivity contribution in [3.63, 3.8) is 0 Å². The lowest BCUT2D eigenvalue weighted by Gasteiger charge is -2.27. The molecule has 3 rings (SSSR count). The van der Waals surface area contributed by atoms with Gasteiger partial charge in [0.05, 0.1) is 0 Å². The van der Waals surface area contributed by atoms with Crippen molar-refractivity contribution >= 4 is 5.82 Å².